The number of ether oxygens (including phenoxy) is 1. The molecule has 0 spiro atoms. The Morgan fingerprint density at radius 3 is 2.45 bits per heavy atom. The Morgan fingerprint density at radius 2 is 1.90 bits per heavy atom. The predicted molar refractivity (Wildman–Crippen MR) is 68.4 cm³/mol. The quantitative estimate of drug-likeness (QED) is 0.876. The number of carbonyl (C=O) groups is 1. The normalized spacial score (nSPS) is 10.6. The van der Waals surface area contributed by atoms with Gasteiger partial charge in [0.1, 0.15) is 11.6 Å². The molecule has 2 aromatic rings. The molecule has 0 aliphatic heterocycles. The molecule has 0 atom stereocenters. The van der Waals surface area contributed by atoms with Gasteiger partial charge < -0.3 is 4.74 Å². The highest BCUT2D eigenvalue weighted by Gasteiger charge is 2.12. The summed E-state index contributed by atoms with van der Waals surface area (Å²) >= 11 is 0. The minimum Gasteiger partial charge on any atom is -0.462 e. The molecule has 0 aliphatic carbocycles. The minimum absolute atomic E-state index is 0.123. The number of aromatic amines is 1. The number of aromatic nitrogens is 2. The minimum atomic E-state index is -0.807. The molecule has 1 N–H and O–H groups in total. The average molecular weight is 280 g/mol. The molecule has 0 amide bonds. The van der Waals surface area contributed by atoms with Gasteiger partial charge in [-0.2, -0.15) is 5.10 Å². The summed E-state index contributed by atoms with van der Waals surface area (Å²) in [4.78, 5) is 11.7. The van der Waals surface area contributed by atoms with E-state index in [9.17, 15) is 13.6 Å². The molecule has 2 rings (SSSR count). The second kappa shape index (κ2) is 5.81. The lowest BCUT2D eigenvalue weighted by Crippen LogP contribution is -2.09. The first-order chi connectivity index (χ1) is 9.47. The van der Waals surface area contributed by atoms with Crippen LogP contribution in [0.1, 0.15) is 27.3 Å². The smallest absolute Gasteiger partial charge is 0.338 e. The number of nitrogens with zero attached hydrogens (tertiary/aromatic N) is 1. The first-order valence-corrected chi connectivity index (χ1v) is 6.11. The molecule has 0 aliphatic rings. The van der Waals surface area contributed by atoms with E-state index in [0.29, 0.717) is 12.5 Å². The highest BCUT2D eigenvalue weighted by Crippen LogP contribution is 2.12. The van der Waals surface area contributed by atoms with Gasteiger partial charge in [0.05, 0.1) is 17.9 Å². The fraction of sp³-hybridized carbons (Fsp3) is 0.286. The van der Waals surface area contributed by atoms with E-state index in [1.54, 1.807) is 0 Å². The maximum absolute atomic E-state index is 13.0. The van der Waals surface area contributed by atoms with Crippen molar-refractivity contribution >= 4 is 5.97 Å². The molecule has 106 valence electrons. The van der Waals surface area contributed by atoms with E-state index >= 15 is 0 Å². The van der Waals surface area contributed by atoms with Crippen LogP contribution >= 0.6 is 0 Å². The van der Waals surface area contributed by atoms with Crippen LogP contribution < -0.4 is 0 Å². The Kier molecular flexibility index (Phi) is 4.12. The van der Waals surface area contributed by atoms with E-state index in [0.717, 1.165) is 29.1 Å². The zero-order chi connectivity index (χ0) is 14.7. The molecule has 0 fully saturated rings. The Labute approximate surface area is 114 Å². The van der Waals surface area contributed by atoms with E-state index in [4.69, 9.17) is 4.74 Å². The summed E-state index contributed by atoms with van der Waals surface area (Å²) < 4.78 is 31.0. The van der Waals surface area contributed by atoms with Gasteiger partial charge in [-0.15, -0.1) is 0 Å². The second-order valence-electron chi connectivity index (χ2n) is 4.46. The third-order valence-electron chi connectivity index (χ3n) is 2.96. The topological polar surface area (TPSA) is 55.0 Å². The lowest BCUT2D eigenvalue weighted by Gasteiger charge is -2.05. The van der Waals surface area contributed by atoms with Gasteiger partial charge in [0.15, 0.2) is 0 Å². The lowest BCUT2D eigenvalue weighted by molar-refractivity contribution is 0.0507. The van der Waals surface area contributed by atoms with Crippen LogP contribution in [-0.2, 0) is 11.2 Å². The van der Waals surface area contributed by atoms with Crippen LogP contribution in [0, 0.1) is 25.5 Å². The number of esters is 1. The van der Waals surface area contributed by atoms with Crippen LogP contribution in [0.25, 0.3) is 0 Å². The van der Waals surface area contributed by atoms with Crippen molar-refractivity contribution in [2.24, 2.45) is 0 Å². The van der Waals surface area contributed by atoms with Crippen molar-refractivity contribution < 1.29 is 18.3 Å². The van der Waals surface area contributed by atoms with Gasteiger partial charge in [0.2, 0.25) is 0 Å². The van der Waals surface area contributed by atoms with Crippen molar-refractivity contribution in [1.29, 1.82) is 0 Å². The third-order valence-corrected chi connectivity index (χ3v) is 2.96. The largest absolute Gasteiger partial charge is 0.462 e. The van der Waals surface area contributed by atoms with E-state index in [-0.39, 0.29) is 12.2 Å². The number of rotatable bonds is 4. The van der Waals surface area contributed by atoms with Crippen molar-refractivity contribution in [2.45, 2.75) is 20.3 Å². The van der Waals surface area contributed by atoms with E-state index in [1.807, 2.05) is 13.8 Å². The van der Waals surface area contributed by atoms with Crippen molar-refractivity contribution in [3.05, 3.63) is 52.3 Å². The molecule has 0 bridgehead atoms. The Balaban J connectivity index is 1.96. The van der Waals surface area contributed by atoms with Gasteiger partial charge >= 0.3 is 5.97 Å². The van der Waals surface area contributed by atoms with Crippen LogP contribution in [0.3, 0.4) is 0 Å². The SMILES string of the molecule is Cc1n[nH]c(C)c1CCOC(=O)c1cc(F)cc(F)c1. The average Bonchev–Trinajstić information content (AvgIpc) is 2.69. The molecule has 0 radical (unpaired) electrons. The van der Waals surface area contributed by atoms with Crippen molar-refractivity contribution in [3.8, 4) is 0 Å². The molecule has 20 heavy (non-hydrogen) atoms. The zero-order valence-corrected chi connectivity index (χ0v) is 11.2. The highest BCUT2D eigenvalue weighted by molar-refractivity contribution is 5.89. The van der Waals surface area contributed by atoms with Crippen LogP contribution in [-0.4, -0.2) is 22.8 Å². The van der Waals surface area contributed by atoms with Crippen molar-refractivity contribution in [3.63, 3.8) is 0 Å². The molecule has 1 aromatic heterocycles. The molecule has 6 heteroatoms. The number of aryl methyl sites for hydroxylation is 2. The summed E-state index contributed by atoms with van der Waals surface area (Å²) in [6.07, 6.45) is 0.498. The molecular formula is C14H14F2N2O2. The maximum atomic E-state index is 13.0. The first-order valence-electron chi connectivity index (χ1n) is 6.11. The van der Waals surface area contributed by atoms with E-state index < -0.39 is 17.6 Å². The van der Waals surface area contributed by atoms with Gasteiger partial charge in [-0.25, -0.2) is 13.6 Å². The molecule has 0 saturated heterocycles. The second-order valence-corrected chi connectivity index (χ2v) is 4.46. The van der Waals surface area contributed by atoms with Gasteiger partial charge in [-0.05, 0) is 31.5 Å². The van der Waals surface area contributed by atoms with Gasteiger partial charge in [0, 0.05) is 18.2 Å². The zero-order valence-electron chi connectivity index (χ0n) is 11.2. The van der Waals surface area contributed by atoms with Gasteiger partial charge in [0.25, 0.3) is 0 Å². The number of hydrogen-bond donors (Lipinski definition) is 1. The number of nitrogens with one attached hydrogen (secondary N) is 1. The third kappa shape index (κ3) is 3.20. The molecule has 1 heterocycles. The van der Waals surface area contributed by atoms with Crippen LogP contribution in [0.15, 0.2) is 18.2 Å². The highest BCUT2D eigenvalue weighted by atomic mass is 19.1. The Bertz CT molecular complexity index is 598. The van der Waals surface area contributed by atoms with Gasteiger partial charge in [-0.3, -0.25) is 5.10 Å². The number of benzene rings is 1. The molecule has 4 nitrogen and oxygen atoms in total. The number of hydrogen-bond acceptors (Lipinski definition) is 3. The number of carbonyl (C=O) groups excluding carboxylic acids is 1. The first kappa shape index (κ1) is 14.2. The molecule has 0 saturated carbocycles. The lowest BCUT2D eigenvalue weighted by atomic mass is 10.1. The van der Waals surface area contributed by atoms with Crippen LogP contribution in [0.2, 0.25) is 0 Å². The summed E-state index contributed by atoms with van der Waals surface area (Å²) in [5.41, 5.74) is 2.59. The standard InChI is InChI=1S/C14H14F2N2O2/c1-8-13(9(2)18-17-8)3-4-20-14(19)10-5-11(15)7-12(16)6-10/h5-7H,3-4H2,1-2H3,(H,17,18). The summed E-state index contributed by atoms with van der Waals surface area (Å²) in [5.74, 6) is -2.36. The molecule has 1 aromatic carbocycles. The van der Waals surface area contributed by atoms with Crippen molar-refractivity contribution in [2.75, 3.05) is 6.61 Å². The Hall–Kier alpha value is -2.24. The number of halogens is 2. The summed E-state index contributed by atoms with van der Waals surface area (Å²) in [7, 11) is 0. The predicted octanol–water partition coefficient (Wildman–Crippen LogP) is 2.70. The summed E-state index contributed by atoms with van der Waals surface area (Å²) in [6.45, 7) is 3.85. The summed E-state index contributed by atoms with van der Waals surface area (Å²) in [6, 6.07) is 2.59. The van der Waals surface area contributed by atoms with Gasteiger partial charge in [-0.1, -0.05) is 0 Å². The monoisotopic (exact) mass is 280 g/mol. The van der Waals surface area contributed by atoms with Crippen molar-refractivity contribution in [1.82, 2.24) is 10.2 Å². The van der Waals surface area contributed by atoms with Crippen LogP contribution in [0.4, 0.5) is 8.78 Å². The maximum Gasteiger partial charge on any atom is 0.338 e. The molecular weight excluding hydrogens is 266 g/mol. The molecule has 0 unspecified atom stereocenters. The van der Waals surface area contributed by atoms with E-state index in [2.05, 4.69) is 10.2 Å². The number of H-pyrrole nitrogens is 1. The Morgan fingerprint density at radius 1 is 1.25 bits per heavy atom. The van der Waals surface area contributed by atoms with Crippen LogP contribution in [0.5, 0.6) is 0 Å². The van der Waals surface area contributed by atoms with E-state index in [1.165, 1.54) is 0 Å². The fourth-order valence-corrected chi connectivity index (χ4v) is 1.94. The fourth-order valence-electron chi connectivity index (χ4n) is 1.94. The summed E-state index contributed by atoms with van der Waals surface area (Å²) in [5, 5.41) is 6.86.